The van der Waals surface area contributed by atoms with Crippen LogP contribution in [0.4, 0.5) is 0 Å². The number of hydrazone groups is 1. The fourth-order valence-corrected chi connectivity index (χ4v) is 2.12. The molecule has 0 aliphatic heterocycles. The number of carbonyl (C=O) groups is 1. The number of rotatable bonds is 7. The molecule has 140 valence electrons. The van der Waals surface area contributed by atoms with Crippen LogP contribution in [0.3, 0.4) is 0 Å². The standard InChI is InChI=1S/C19H19N3O5/c1-12(27-15-6-4-13(10-20)5-7-15)19(24)22-21-11-14-8-16(25-2)18(23)17(9-14)26-3/h4-9,11-12,23H,1-3H3,(H,22,24)/b21-11+. The van der Waals surface area contributed by atoms with Gasteiger partial charge in [0.05, 0.1) is 32.1 Å². The molecule has 8 heteroatoms. The van der Waals surface area contributed by atoms with Crippen LogP contribution in [0.2, 0.25) is 0 Å². The zero-order valence-electron chi connectivity index (χ0n) is 15.1. The van der Waals surface area contributed by atoms with E-state index in [1.54, 1.807) is 43.3 Å². The van der Waals surface area contributed by atoms with Gasteiger partial charge < -0.3 is 19.3 Å². The number of phenolic OH excluding ortho intramolecular Hbond substituents is 1. The van der Waals surface area contributed by atoms with Crippen molar-refractivity contribution in [2.75, 3.05) is 14.2 Å². The molecule has 0 bridgehead atoms. The Morgan fingerprint density at radius 3 is 2.33 bits per heavy atom. The molecular formula is C19H19N3O5. The Hall–Kier alpha value is -3.73. The molecule has 2 rings (SSSR count). The van der Waals surface area contributed by atoms with E-state index in [9.17, 15) is 9.90 Å². The van der Waals surface area contributed by atoms with Crippen LogP contribution in [0, 0.1) is 11.3 Å². The number of nitriles is 1. The summed E-state index contributed by atoms with van der Waals surface area (Å²) in [6.07, 6.45) is 0.593. The third-order valence-electron chi connectivity index (χ3n) is 3.56. The Bertz CT molecular complexity index is 847. The van der Waals surface area contributed by atoms with Crippen LogP contribution in [0.5, 0.6) is 23.0 Å². The highest BCUT2D eigenvalue weighted by Crippen LogP contribution is 2.36. The number of aromatic hydroxyl groups is 1. The summed E-state index contributed by atoms with van der Waals surface area (Å²) in [5.41, 5.74) is 3.43. The van der Waals surface area contributed by atoms with E-state index in [0.29, 0.717) is 16.9 Å². The van der Waals surface area contributed by atoms with E-state index in [1.807, 2.05) is 6.07 Å². The van der Waals surface area contributed by atoms with Crippen LogP contribution < -0.4 is 19.6 Å². The van der Waals surface area contributed by atoms with Gasteiger partial charge in [-0.3, -0.25) is 4.79 Å². The van der Waals surface area contributed by atoms with Gasteiger partial charge in [0.25, 0.3) is 5.91 Å². The molecular weight excluding hydrogens is 350 g/mol. The van der Waals surface area contributed by atoms with Crippen molar-refractivity contribution in [1.29, 1.82) is 5.26 Å². The highest BCUT2D eigenvalue weighted by Gasteiger charge is 2.14. The van der Waals surface area contributed by atoms with Crippen molar-refractivity contribution in [3.63, 3.8) is 0 Å². The third-order valence-corrected chi connectivity index (χ3v) is 3.56. The summed E-state index contributed by atoms with van der Waals surface area (Å²) in [5.74, 6) is 0.340. The first-order valence-electron chi connectivity index (χ1n) is 7.93. The number of benzene rings is 2. The van der Waals surface area contributed by atoms with Crippen LogP contribution in [0.1, 0.15) is 18.1 Å². The van der Waals surface area contributed by atoms with Crippen molar-refractivity contribution >= 4 is 12.1 Å². The molecule has 2 aromatic rings. The van der Waals surface area contributed by atoms with Gasteiger partial charge in [0, 0.05) is 5.56 Å². The van der Waals surface area contributed by atoms with Gasteiger partial charge in [0.15, 0.2) is 17.6 Å². The summed E-state index contributed by atoms with van der Waals surface area (Å²) < 4.78 is 15.6. The predicted octanol–water partition coefficient (Wildman–Crippen LogP) is 2.20. The average Bonchev–Trinajstić information content (AvgIpc) is 2.69. The molecule has 0 fully saturated rings. The normalized spacial score (nSPS) is 11.5. The van der Waals surface area contributed by atoms with Crippen molar-refractivity contribution in [3.05, 3.63) is 47.5 Å². The number of nitrogens with one attached hydrogen (secondary N) is 1. The molecule has 0 aliphatic carbocycles. The third kappa shape index (κ3) is 5.12. The number of ether oxygens (including phenoxy) is 3. The van der Waals surface area contributed by atoms with Crippen molar-refractivity contribution < 1.29 is 24.1 Å². The van der Waals surface area contributed by atoms with Gasteiger partial charge in [-0.05, 0) is 43.3 Å². The molecule has 0 aromatic heterocycles. The molecule has 0 saturated heterocycles. The van der Waals surface area contributed by atoms with E-state index in [1.165, 1.54) is 20.4 Å². The predicted molar refractivity (Wildman–Crippen MR) is 98.2 cm³/mol. The van der Waals surface area contributed by atoms with Crippen molar-refractivity contribution in [3.8, 4) is 29.1 Å². The zero-order chi connectivity index (χ0) is 19.8. The topological polar surface area (TPSA) is 113 Å². The molecule has 2 N–H and O–H groups in total. The minimum Gasteiger partial charge on any atom is -0.502 e. The molecule has 1 amide bonds. The van der Waals surface area contributed by atoms with E-state index < -0.39 is 12.0 Å². The van der Waals surface area contributed by atoms with Crippen LogP contribution in [-0.4, -0.2) is 37.6 Å². The van der Waals surface area contributed by atoms with Crippen LogP contribution >= 0.6 is 0 Å². The monoisotopic (exact) mass is 369 g/mol. The molecule has 2 aromatic carbocycles. The van der Waals surface area contributed by atoms with Gasteiger partial charge in [0.2, 0.25) is 5.75 Å². The lowest BCUT2D eigenvalue weighted by Gasteiger charge is -2.13. The molecule has 1 atom stereocenters. The second-order valence-corrected chi connectivity index (χ2v) is 5.40. The Morgan fingerprint density at radius 1 is 1.22 bits per heavy atom. The number of carbonyl (C=O) groups excluding carboxylic acids is 1. The lowest BCUT2D eigenvalue weighted by atomic mass is 10.2. The molecule has 0 spiro atoms. The molecule has 27 heavy (non-hydrogen) atoms. The van der Waals surface area contributed by atoms with Crippen molar-refractivity contribution in [2.45, 2.75) is 13.0 Å². The fourth-order valence-electron chi connectivity index (χ4n) is 2.12. The van der Waals surface area contributed by atoms with E-state index in [4.69, 9.17) is 19.5 Å². The lowest BCUT2D eigenvalue weighted by Crippen LogP contribution is -2.33. The van der Waals surface area contributed by atoms with Crippen molar-refractivity contribution in [1.82, 2.24) is 5.43 Å². The number of nitrogens with zero attached hydrogens (tertiary/aromatic N) is 2. The highest BCUT2D eigenvalue weighted by atomic mass is 16.5. The Morgan fingerprint density at radius 2 is 1.81 bits per heavy atom. The number of hydrogen-bond donors (Lipinski definition) is 2. The van der Waals surface area contributed by atoms with Gasteiger partial charge >= 0.3 is 0 Å². The summed E-state index contributed by atoms with van der Waals surface area (Å²) in [5, 5.41) is 22.5. The van der Waals surface area contributed by atoms with Gasteiger partial charge in [0.1, 0.15) is 5.75 Å². The molecule has 0 aliphatic rings. The summed E-state index contributed by atoms with van der Waals surface area (Å²) in [6, 6.07) is 11.5. The van der Waals surface area contributed by atoms with E-state index >= 15 is 0 Å². The number of hydrogen-bond acceptors (Lipinski definition) is 7. The average molecular weight is 369 g/mol. The first-order valence-corrected chi connectivity index (χ1v) is 7.93. The van der Waals surface area contributed by atoms with E-state index in [0.717, 1.165) is 0 Å². The highest BCUT2D eigenvalue weighted by molar-refractivity contribution is 5.85. The summed E-state index contributed by atoms with van der Waals surface area (Å²) in [4.78, 5) is 12.1. The van der Waals surface area contributed by atoms with Gasteiger partial charge in [-0.1, -0.05) is 0 Å². The summed E-state index contributed by atoms with van der Waals surface area (Å²) in [7, 11) is 2.83. The first-order chi connectivity index (χ1) is 13.0. The maximum absolute atomic E-state index is 12.1. The maximum Gasteiger partial charge on any atom is 0.280 e. The smallest absolute Gasteiger partial charge is 0.280 e. The Kier molecular flexibility index (Phi) is 6.61. The molecule has 0 heterocycles. The second kappa shape index (κ2) is 9.10. The Balaban J connectivity index is 1.98. The SMILES string of the molecule is COc1cc(/C=N/NC(=O)C(C)Oc2ccc(C#N)cc2)cc(OC)c1O. The lowest BCUT2D eigenvalue weighted by molar-refractivity contribution is -0.127. The number of methoxy groups -OCH3 is 2. The largest absolute Gasteiger partial charge is 0.502 e. The van der Waals surface area contributed by atoms with Crippen LogP contribution in [-0.2, 0) is 4.79 Å². The summed E-state index contributed by atoms with van der Waals surface area (Å²) in [6.45, 7) is 1.58. The first kappa shape index (κ1) is 19.6. The molecule has 8 nitrogen and oxygen atoms in total. The van der Waals surface area contributed by atoms with Crippen molar-refractivity contribution in [2.24, 2.45) is 5.10 Å². The minimum absolute atomic E-state index is 0.120. The van der Waals surface area contributed by atoms with Gasteiger partial charge in [-0.15, -0.1) is 0 Å². The minimum atomic E-state index is -0.793. The molecule has 0 radical (unpaired) electrons. The van der Waals surface area contributed by atoms with E-state index in [2.05, 4.69) is 10.5 Å². The van der Waals surface area contributed by atoms with E-state index in [-0.39, 0.29) is 17.2 Å². The molecule has 0 saturated carbocycles. The fraction of sp³-hybridized carbons (Fsp3) is 0.211. The quantitative estimate of drug-likeness (QED) is 0.571. The Labute approximate surface area is 156 Å². The van der Waals surface area contributed by atoms with Crippen LogP contribution in [0.15, 0.2) is 41.5 Å². The summed E-state index contributed by atoms with van der Waals surface area (Å²) >= 11 is 0. The maximum atomic E-state index is 12.1. The molecule has 1 unspecified atom stereocenters. The van der Waals surface area contributed by atoms with Crippen LogP contribution in [0.25, 0.3) is 0 Å². The van der Waals surface area contributed by atoms with Gasteiger partial charge in [-0.2, -0.15) is 10.4 Å². The second-order valence-electron chi connectivity index (χ2n) is 5.40. The zero-order valence-corrected chi connectivity index (χ0v) is 15.1. The number of amides is 1. The number of phenols is 1. The van der Waals surface area contributed by atoms with Gasteiger partial charge in [-0.25, -0.2) is 5.43 Å².